The zero-order chi connectivity index (χ0) is 15.4. The summed E-state index contributed by atoms with van der Waals surface area (Å²) in [5.74, 6) is 1.13. The number of benzene rings is 1. The minimum atomic E-state index is 0.198. The lowest BCUT2D eigenvalue weighted by molar-refractivity contribution is 0.0705. The molecule has 1 aliphatic carbocycles. The number of amides is 1. The molecule has 0 bridgehead atoms. The topological polar surface area (TPSA) is 32.3 Å². The van der Waals surface area contributed by atoms with Crippen LogP contribution in [0, 0.1) is 5.92 Å². The van der Waals surface area contributed by atoms with Gasteiger partial charge in [-0.25, -0.2) is 0 Å². The summed E-state index contributed by atoms with van der Waals surface area (Å²) in [5.41, 5.74) is 2.16. The number of nitrogens with one attached hydrogen (secondary N) is 1. The fourth-order valence-electron chi connectivity index (χ4n) is 3.23. The maximum Gasteiger partial charge on any atom is 0.253 e. The van der Waals surface area contributed by atoms with Gasteiger partial charge in [-0.2, -0.15) is 0 Å². The fraction of sp³-hybridized carbons (Fsp3) is 0.632. The average Bonchev–Trinajstić information content (AvgIpc) is 3.38. The van der Waals surface area contributed by atoms with Crippen LogP contribution in [-0.2, 0) is 6.42 Å². The van der Waals surface area contributed by atoms with Crippen molar-refractivity contribution in [3.63, 3.8) is 0 Å². The molecule has 2 aliphatic rings. The Morgan fingerprint density at radius 1 is 1.14 bits per heavy atom. The van der Waals surface area contributed by atoms with Gasteiger partial charge in [0.25, 0.3) is 5.91 Å². The van der Waals surface area contributed by atoms with E-state index in [2.05, 4.69) is 24.4 Å². The van der Waals surface area contributed by atoms with Crippen LogP contribution in [0.25, 0.3) is 0 Å². The van der Waals surface area contributed by atoms with Crippen molar-refractivity contribution in [1.82, 2.24) is 10.2 Å². The third-order valence-corrected chi connectivity index (χ3v) is 4.91. The van der Waals surface area contributed by atoms with Crippen LogP contribution in [0.2, 0.25) is 0 Å². The molecule has 0 unspecified atom stereocenters. The first kappa shape index (κ1) is 15.5. The van der Waals surface area contributed by atoms with Crippen LogP contribution < -0.4 is 5.32 Å². The Morgan fingerprint density at radius 2 is 1.82 bits per heavy atom. The maximum absolute atomic E-state index is 12.6. The Hall–Kier alpha value is -1.35. The lowest BCUT2D eigenvalue weighted by Gasteiger charge is -2.32. The summed E-state index contributed by atoms with van der Waals surface area (Å²) >= 11 is 0. The van der Waals surface area contributed by atoms with Crippen molar-refractivity contribution < 1.29 is 4.79 Å². The molecular formula is C19H28N2O. The molecule has 3 nitrogen and oxygen atoms in total. The normalized spacial score (nSPS) is 19.4. The summed E-state index contributed by atoms with van der Waals surface area (Å²) in [6, 6.07) is 8.79. The van der Waals surface area contributed by atoms with E-state index in [0.29, 0.717) is 6.04 Å². The van der Waals surface area contributed by atoms with Crippen molar-refractivity contribution in [2.45, 2.75) is 51.5 Å². The van der Waals surface area contributed by atoms with E-state index in [1.807, 2.05) is 17.0 Å². The van der Waals surface area contributed by atoms with Gasteiger partial charge in [-0.05, 0) is 62.3 Å². The second kappa shape index (κ2) is 7.28. The van der Waals surface area contributed by atoms with Crippen molar-refractivity contribution in [3.8, 4) is 0 Å². The highest BCUT2D eigenvalue weighted by Crippen LogP contribution is 2.28. The van der Waals surface area contributed by atoms with Gasteiger partial charge in [-0.1, -0.05) is 25.5 Å². The molecule has 1 N–H and O–H groups in total. The fourth-order valence-corrected chi connectivity index (χ4v) is 3.23. The van der Waals surface area contributed by atoms with Gasteiger partial charge in [0.15, 0.2) is 0 Å². The molecule has 1 aliphatic heterocycles. The number of carbonyl (C=O) groups excluding carboxylic acids is 1. The van der Waals surface area contributed by atoms with Crippen molar-refractivity contribution in [3.05, 3.63) is 35.4 Å². The second-order valence-electron chi connectivity index (χ2n) is 6.87. The predicted molar refractivity (Wildman–Crippen MR) is 90.1 cm³/mol. The number of hydrogen-bond acceptors (Lipinski definition) is 2. The van der Waals surface area contributed by atoms with Crippen molar-refractivity contribution in [2.24, 2.45) is 5.92 Å². The van der Waals surface area contributed by atoms with E-state index in [1.165, 1.54) is 24.9 Å². The summed E-state index contributed by atoms with van der Waals surface area (Å²) in [6.07, 6.45) is 7.22. The first-order chi connectivity index (χ1) is 10.8. The minimum Gasteiger partial charge on any atom is -0.339 e. The molecule has 1 amide bonds. The van der Waals surface area contributed by atoms with Gasteiger partial charge in [-0.15, -0.1) is 0 Å². The molecule has 22 heavy (non-hydrogen) atoms. The first-order valence-electron chi connectivity index (χ1n) is 8.88. The molecule has 0 spiro atoms. The summed E-state index contributed by atoms with van der Waals surface area (Å²) in [7, 11) is 0. The average molecular weight is 300 g/mol. The number of carbonyl (C=O) groups is 1. The standard InChI is InChI=1S/C19H28N2O/c1-2-3-15-6-8-17(9-7-15)19(22)21-12-10-18(11-13-21)20-14-16-4-5-16/h6-9,16,18,20H,2-5,10-14H2,1H3. The number of nitrogens with zero attached hydrogens (tertiary/aromatic N) is 1. The largest absolute Gasteiger partial charge is 0.339 e. The molecule has 3 rings (SSSR count). The van der Waals surface area contributed by atoms with E-state index < -0.39 is 0 Å². The van der Waals surface area contributed by atoms with E-state index in [0.717, 1.165) is 50.3 Å². The molecule has 120 valence electrons. The summed E-state index contributed by atoms with van der Waals surface area (Å²) in [6.45, 7) is 5.13. The number of aryl methyl sites for hydroxylation is 1. The molecule has 1 heterocycles. The van der Waals surface area contributed by atoms with Crippen LogP contribution in [0.1, 0.15) is 54.9 Å². The molecule has 1 aromatic carbocycles. The van der Waals surface area contributed by atoms with Crippen molar-refractivity contribution >= 4 is 5.91 Å². The Kier molecular flexibility index (Phi) is 5.14. The van der Waals surface area contributed by atoms with Gasteiger partial charge in [0.2, 0.25) is 0 Å². The first-order valence-corrected chi connectivity index (χ1v) is 8.88. The molecule has 0 aromatic heterocycles. The van der Waals surface area contributed by atoms with Crippen LogP contribution in [0.5, 0.6) is 0 Å². The lowest BCUT2D eigenvalue weighted by Crippen LogP contribution is -2.45. The smallest absolute Gasteiger partial charge is 0.253 e. The van der Waals surface area contributed by atoms with Gasteiger partial charge >= 0.3 is 0 Å². The van der Waals surface area contributed by atoms with Gasteiger partial charge in [0.1, 0.15) is 0 Å². The Labute approximate surface area is 134 Å². The molecule has 2 fully saturated rings. The van der Waals surface area contributed by atoms with Gasteiger partial charge in [0, 0.05) is 24.7 Å². The maximum atomic E-state index is 12.6. The highest BCUT2D eigenvalue weighted by molar-refractivity contribution is 5.94. The lowest BCUT2D eigenvalue weighted by atomic mass is 10.0. The van der Waals surface area contributed by atoms with E-state index in [4.69, 9.17) is 0 Å². The van der Waals surface area contributed by atoms with Crippen LogP contribution in [0.4, 0.5) is 0 Å². The Morgan fingerprint density at radius 3 is 2.41 bits per heavy atom. The van der Waals surface area contributed by atoms with E-state index in [-0.39, 0.29) is 5.91 Å². The van der Waals surface area contributed by atoms with Crippen molar-refractivity contribution in [2.75, 3.05) is 19.6 Å². The molecule has 0 radical (unpaired) electrons. The van der Waals surface area contributed by atoms with Crippen LogP contribution in [-0.4, -0.2) is 36.5 Å². The van der Waals surface area contributed by atoms with Crippen LogP contribution in [0.3, 0.4) is 0 Å². The highest BCUT2D eigenvalue weighted by atomic mass is 16.2. The zero-order valence-electron chi connectivity index (χ0n) is 13.7. The van der Waals surface area contributed by atoms with Crippen LogP contribution in [0.15, 0.2) is 24.3 Å². The molecule has 1 saturated carbocycles. The highest BCUT2D eigenvalue weighted by Gasteiger charge is 2.26. The predicted octanol–water partition coefficient (Wildman–Crippen LogP) is 3.24. The SMILES string of the molecule is CCCc1ccc(C(=O)N2CCC(NCC3CC3)CC2)cc1. The van der Waals surface area contributed by atoms with E-state index in [1.54, 1.807) is 0 Å². The number of piperidine rings is 1. The van der Waals surface area contributed by atoms with Gasteiger partial charge in [-0.3, -0.25) is 4.79 Å². The molecular weight excluding hydrogens is 272 g/mol. The van der Waals surface area contributed by atoms with Gasteiger partial charge in [0.05, 0.1) is 0 Å². The zero-order valence-corrected chi connectivity index (χ0v) is 13.7. The monoisotopic (exact) mass is 300 g/mol. The van der Waals surface area contributed by atoms with E-state index >= 15 is 0 Å². The summed E-state index contributed by atoms with van der Waals surface area (Å²) < 4.78 is 0. The third-order valence-electron chi connectivity index (χ3n) is 4.91. The minimum absolute atomic E-state index is 0.198. The van der Waals surface area contributed by atoms with Crippen LogP contribution >= 0.6 is 0 Å². The quantitative estimate of drug-likeness (QED) is 0.874. The molecule has 1 saturated heterocycles. The molecule has 3 heteroatoms. The van der Waals surface area contributed by atoms with Crippen molar-refractivity contribution in [1.29, 1.82) is 0 Å². The van der Waals surface area contributed by atoms with E-state index in [9.17, 15) is 4.79 Å². The van der Waals surface area contributed by atoms with Gasteiger partial charge < -0.3 is 10.2 Å². The Bertz CT molecular complexity index is 485. The number of hydrogen-bond donors (Lipinski definition) is 1. The second-order valence-corrected chi connectivity index (χ2v) is 6.87. The summed E-state index contributed by atoms with van der Waals surface area (Å²) in [5, 5.41) is 3.67. The third kappa shape index (κ3) is 4.10. The number of rotatable bonds is 6. The molecule has 1 aromatic rings. The Balaban J connectivity index is 1.48. The summed E-state index contributed by atoms with van der Waals surface area (Å²) in [4.78, 5) is 14.6. The number of likely N-dealkylation sites (tertiary alicyclic amines) is 1. The molecule has 0 atom stereocenters.